The monoisotopic (exact) mass is 466 g/mol. The number of carbonyl (C=O) groups excluding carboxylic acids is 2. The van der Waals surface area contributed by atoms with Gasteiger partial charge in [0.25, 0.3) is 5.91 Å². The fraction of sp³-hybridized carbons (Fsp3) is 0.276. The molecule has 0 N–H and O–H groups in total. The number of pyridine rings is 1. The summed E-state index contributed by atoms with van der Waals surface area (Å²) in [6, 6.07) is 25.5. The summed E-state index contributed by atoms with van der Waals surface area (Å²) in [4.78, 5) is 37.3. The Bertz CT molecular complexity index is 1170. The van der Waals surface area contributed by atoms with E-state index < -0.39 is 5.54 Å². The van der Waals surface area contributed by atoms with Crippen LogP contribution in [0.25, 0.3) is 6.08 Å². The molecule has 5 rings (SSSR count). The zero-order valence-electron chi connectivity index (χ0n) is 19.8. The molecule has 0 unspecified atom stereocenters. The summed E-state index contributed by atoms with van der Waals surface area (Å²) in [5.41, 5.74) is 2.12. The lowest BCUT2D eigenvalue weighted by Crippen LogP contribution is -2.56. The van der Waals surface area contributed by atoms with Gasteiger partial charge in [0, 0.05) is 32.4 Å². The van der Waals surface area contributed by atoms with Gasteiger partial charge < -0.3 is 4.90 Å². The number of imide groups is 1. The number of nitrogens with zero attached hydrogens (tertiary/aromatic N) is 4. The first-order valence-electron chi connectivity index (χ1n) is 12.2. The highest BCUT2D eigenvalue weighted by Gasteiger charge is 2.57. The number of hydrogen-bond acceptors (Lipinski definition) is 4. The molecular formula is C29H30N4O2. The third-order valence-electron chi connectivity index (χ3n) is 7.01. The maximum atomic E-state index is 13.8. The summed E-state index contributed by atoms with van der Waals surface area (Å²) >= 11 is 0. The Morgan fingerprint density at radius 1 is 0.829 bits per heavy atom. The van der Waals surface area contributed by atoms with Crippen LogP contribution in [0.3, 0.4) is 0 Å². The summed E-state index contributed by atoms with van der Waals surface area (Å²) in [6.07, 6.45) is 7.25. The van der Waals surface area contributed by atoms with E-state index in [1.54, 1.807) is 6.20 Å². The zero-order chi connectivity index (χ0) is 24.1. The van der Waals surface area contributed by atoms with Crippen LogP contribution in [0, 0.1) is 0 Å². The van der Waals surface area contributed by atoms with Crippen molar-refractivity contribution < 1.29 is 9.59 Å². The first-order valence-corrected chi connectivity index (χ1v) is 12.2. The fourth-order valence-electron chi connectivity index (χ4n) is 5.05. The Labute approximate surface area is 206 Å². The molecule has 3 amide bonds. The SMILES string of the molecule is O=C1N(Cc2ccccn2)C(=O)C2(CCN(C/C=C/c3ccccc3)CC2)N1Cc1ccccc1. The molecule has 6 nitrogen and oxygen atoms in total. The Kier molecular flexibility index (Phi) is 6.73. The second-order valence-electron chi connectivity index (χ2n) is 9.21. The maximum Gasteiger partial charge on any atom is 0.328 e. The molecule has 0 radical (unpaired) electrons. The average Bonchev–Trinajstić information content (AvgIpc) is 3.08. The van der Waals surface area contributed by atoms with Crippen LogP contribution in [0.2, 0.25) is 0 Å². The molecule has 2 aliphatic rings. The molecule has 2 fully saturated rings. The predicted molar refractivity (Wildman–Crippen MR) is 136 cm³/mol. The standard InChI is InChI=1S/C29H30N4O2/c34-27-29(16-20-31(21-17-29)19-9-14-24-10-3-1-4-11-24)33(22-25-12-5-2-6-13-25)28(35)32(27)23-26-15-7-8-18-30-26/h1-15,18H,16-17,19-23H2/b14-9+. The molecule has 3 aromatic rings. The van der Waals surface area contributed by atoms with Crippen LogP contribution >= 0.6 is 0 Å². The van der Waals surface area contributed by atoms with Crippen LogP contribution in [-0.2, 0) is 17.9 Å². The first kappa shape index (κ1) is 23.0. The normalized spacial score (nSPS) is 18.2. The van der Waals surface area contributed by atoms with Crippen LogP contribution in [0.1, 0.15) is 29.7 Å². The van der Waals surface area contributed by atoms with Crippen molar-refractivity contribution in [3.63, 3.8) is 0 Å². The van der Waals surface area contributed by atoms with Gasteiger partial charge in [0.15, 0.2) is 0 Å². The first-order chi connectivity index (χ1) is 17.2. The van der Waals surface area contributed by atoms with Gasteiger partial charge in [-0.15, -0.1) is 0 Å². The number of urea groups is 1. The van der Waals surface area contributed by atoms with E-state index in [1.807, 2.05) is 71.6 Å². The Morgan fingerprint density at radius 2 is 1.51 bits per heavy atom. The van der Waals surface area contributed by atoms with Crippen LogP contribution in [0.15, 0.2) is 91.1 Å². The van der Waals surface area contributed by atoms with Crippen molar-refractivity contribution in [3.8, 4) is 0 Å². The van der Waals surface area contributed by atoms with Gasteiger partial charge >= 0.3 is 6.03 Å². The van der Waals surface area contributed by atoms with Gasteiger partial charge in [-0.05, 0) is 36.1 Å². The predicted octanol–water partition coefficient (Wildman–Crippen LogP) is 4.59. The molecule has 0 bridgehead atoms. The van der Waals surface area contributed by atoms with Crippen molar-refractivity contribution in [3.05, 3.63) is 108 Å². The number of benzene rings is 2. The van der Waals surface area contributed by atoms with Gasteiger partial charge in [-0.1, -0.05) is 78.9 Å². The molecule has 6 heteroatoms. The quantitative estimate of drug-likeness (QED) is 0.478. The average molecular weight is 467 g/mol. The van der Waals surface area contributed by atoms with E-state index in [2.05, 4.69) is 34.2 Å². The third kappa shape index (κ3) is 4.88. The zero-order valence-corrected chi connectivity index (χ0v) is 19.8. The molecule has 3 heterocycles. The van der Waals surface area contributed by atoms with Crippen molar-refractivity contribution in [2.24, 2.45) is 0 Å². The summed E-state index contributed by atoms with van der Waals surface area (Å²) < 4.78 is 0. The molecule has 0 aliphatic carbocycles. The van der Waals surface area contributed by atoms with E-state index in [0.29, 0.717) is 19.4 Å². The Morgan fingerprint density at radius 3 is 2.20 bits per heavy atom. The van der Waals surface area contributed by atoms with Gasteiger partial charge in [0.1, 0.15) is 5.54 Å². The Hall–Kier alpha value is -3.77. The topological polar surface area (TPSA) is 56.8 Å². The van der Waals surface area contributed by atoms with E-state index in [4.69, 9.17) is 0 Å². The van der Waals surface area contributed by atoms with Crippen LogP contribution < -0.4 is 0 Å². The van der Waals surface area contributed by atoms with Crippen LogP contribution in [0.4, 0.5) is 4.79 Å². The minimum absolute atomic E-state index is 0.0939. The van der Waals surface area contributed by atoms with Crippen molar-refractivity contribution >= 4 is 18.0 Å². The molecule has 2 saturated heterocycles. The highest BCUT2D eigenvalue weighted by atomic mass is 16.2. The van der Waals surface area contributed by atoms with Crippen molar-refractivity contribution in [1.82, 2.24) is 19.7 Å². The number of piperidine rings is 1. The van der Waals surface area contributed by atoms with Crippen molar-refractivity contribution in [2.75, 3.05) is 19.6 Å². The third-order valence-corrected chi connectivity index (χ3v) is 7.01. The van der Waals surface area contributed by atoms with Crippen molar-refractivity contribution in [2.45, 2.75) is 31.5 Å². The molecule has 1 aromatic heterocycles. The smallest absolute Gasteiger partial charge is 0.305 e. The maximum absolute atomic E-state index is 13.8. The fourth-order valence-corrected chi connectivity index (χ4v) is 5.05. The lowest BCUT2D eigenvalue weighted by Gasteiger charge is -2.42. The summed E-state index contributed by atoms with van der Waals surface area (Å²) in [5, 5.41) is 0. The number of aromatic nitrogens is 1. The van der Waals surface area contributed by atoms with E-state index in [0.717, 1.165) is 30.9 Å². The number of likely N-dealkylation sites (tertiary alicyclic amines) is 1. The van der Waals surface area contributed by atoms with E-state index >= 15 is 0 Å². The molecule has 0 atom stereocenters. The highest BCUT2D eigenvalue weighted by molar-refractivity contribution is 6.07. The lowest BCUT2D eigenvalue weighted by molar-refractivity contribution is -0.136. The summed E-state index contributed by atoms with van der Waals surface area (Å²) in [5.74, 6) is -0.0939. The second kappa shape index (κ2) is 10.2. The Balaban J connectivity index is 1.33. The van der Waals surface area contributed by atoms with Gasteiger partial charge in [0.05, 0.1) is 12.2 Å². The van der Waals surface area contributed by atoms with Crippen LogP contribution in [-0.4, -0.2) is 56.8 Å². The number of rotatable bonds is 7. The molecular weight excluding hydrogens is 436 g/mol. The second-order valence-corrected chi connectivity index (χ2v) is 9.21. The van der Waals surface area contributed by atoms with E-state index in [1.165, 1.54) is 10.5 Å². The minimum atomic E-state index is -0.804. The van der Waals surface area contributed by atoms with Crippen LogP contribution in [0.5, 0.6) is 0 Å². The van der Waals surface area contributed by atoms with Crippen molar-refractivity contribution in [1.29, 1.82) is 0 Å². The van der Waals surface area contributed by atoms with Gasteiger partial charge in [-0.3, -0.25) is 19.6 Å². The van der Waals surface area contributed by atoms with Gasteiger partial charge in [0.2, 0.25) is 0 Å². The number of carbonyl (C=O) groups is 2. The molecule has 1 spiro atoms. The molecule has 35 heavy (non-hydrogen) atoms. The molecule has 0 saturated carbocycles. The number of amides is 3. The van der Waals surface area contributed by atoms with Gasteiger partial charge in [-0.25, -0.2) is 4.79 Å². The minimum Gasteiger partial charge on any atom is -0.305 e. The van der Waals surface area contributed by atoms with E-state index in [-0.39, 0.29) is 18.5 Å². The molecule has 2 aliphatic heterocycles. The van der Waals surface area contributed by atoms with Gasteiger partial charge in [-0.2, -0.15) is 0 Å². The summed E-state index contributed by atoms with van der Waals surface area (Å²) in [7, 11) is 0. The lowest BCUT2D eigenvalue weighted by atomic mass is 9.85. The molecule has 2 aromatic carbocycles. The highest BCUT2D eigenvalue weighted by Crippen LogP contribution is 2.39. The number of hydrogen-bond donors (Lipinski definition) is 0. The summed E-state index contributed by atoms with van der Waals surface area (Å²) in [6.45, 7) is 2.98. The van der Waals surface area contributed by atoms with E-state index in [9.17, 15) is 9.59 Å². The molecule has 178 valence electrons. The largest absolute Gasteiger partial charge is 0.328 e.